The minimum absolute atomic E-state index is 0.157. The van der Waals surface area contributed by atoms with Gasteiger partial charge >= 0.3 is 0 Å². The highest BCUT2D eigenvalue weighted by Crippen LogP contribution is 2.23. The molecule has 0 saturated carbocycles. The molecule has 0 aromatic heterocycles. The van der Waals surface area contributed by atoms with Gasteiger partial charge in [-0.25, -0.2) is 0 Å². The molecule has 0 N–H and O–H groups in total. The van der Waals surface area contributed by atoms with Crippen molar-refractivity contribution in [1.82, 2.24) is 0 Å². The van der Waals surface area contributed by atoms with Crippen LogP contribution in [0.2, 0.25) is 0 Å². The van der Waals surface area contributed by atoms with Gasteiger partial charge in [0, 0.05) is 27.8 Å². The molecule has 0 fully saturated rings. The Hall–Kier alpha value is -0.120. The highest BCUT2D eigenvalue weighted by molar-refractivity contribution is 4.70. The van der Waals surface area contributed by atoms with Gasteiger partial charge in [0.15, 0.2) is 5.79 Å². The molecule has 74 valence electrons. The van der Waals surface area contributed by atoms with Gasteiger partial charge in [-0.1, -0.05) is 6.92 Å². The normalized spacial score (nSPS) is 14.8. The predicted octanol–water partition coefficient (Wildman–Crippen LogP) is 1.81. The van der Waals surface area contributed by atoms with Crippen LogP contribution in [0.25, 0.3) is 0 Å². The van der Waals surface area contributed by atoms with Crippen LogP contribution in [-0.4, -0.2) is 33.2 Å². The summed E-state index contributed by atoms with van der Waals surface area (Å²) in [5.74, 6) is -0.477. The fourth-order valence-electron chi connectivity index (χ4n) is 1.20. The first-order valence-electron chi connectivity index (χ1n) is 4.27. The van der Waals surface area contributed by atoms with Crippen molar-refractivity contribution in [2.75, 3.05) is 21.3 Å². The van der Waals surface area contributed by atoms with Crippen molar-refractivity contribution in [3.63, 3.8) is 0 Å². The van der Waals surface area contributed by atoms with Gasteiger partial charge in [-0.05, 0) is 13.3 Å². The Morgan fingerprint density at radius 1 is 1.17 bits per heavy atom. The lowest BCUT2D eigenvalue weighted by atomic mass is 10.1. The van der Waals surface area contributed by atoms with Gasteiger partial charge in [0.2, 0.25) is 0 Å². The number of hydrogen-bond donors (Lipinski definition) is 0. The average molecular weight is 176 g/mol. The highest BCUT2D eigenvalue weighted by Gasteiger charge is 2.29. The van der Waals surface area contributed by atoms with E-state index in [-0.39, 0.29) is 6.10 Å². The molecule has 0 heterocycles. The summed E-state index contributed by atoms with van der Waals surface area (Å²) in [4.78, 5) is 0. The van der Waals surface area contributed by atoms with E-state index in [9.17, 15) is 0 Å². The van der Waals surface area contributed by atoms with Crippen molar-refractivity contribution in [3.8, 4) is 0 Å². The van der Waals surface area contributed by atoms with E-state index in [1.165, 1.54) is 0 Å². The fraction of sp³-hybridized carbons (Fsp3) is 1.00. The van der Waals surface area contributed by atoms with E-state index in [1.54, 1.807) is 21.3 Å². The zero-order valence-electron chi connectivity index (χ0n) is 8.72. The second-order valence-corrected chi connectivity index (χ2v) is 2.92. The van der Waals surface area contributed by atoms with Crippen LogP contribution < -0.4 is 0 Å². The minimum atomic E-state index is -0.477. The van der Waals surface area contributed by atoms with Crippen LogP contribution in [0.15, 0.2) is 0 Å². The molecular weight excluding hydrogens is 156 g/mol. The van der Waals surface area contributed by atoms with E-state index in [2.05, 4.69) is 0 Å². The van der Waals surface area contributed by atoms with Crippen molar-refractivity contribution in [3.05, 3.63) is 0 Å². The van der Waals surface area contributed by atoms with Crippen molar-refractivity contribution in [2.24, 2.45) is 0 Å². The molecule has 0 bridgehead atoms. The molecule has 0 radical (unpaired) electrons. The lowest BCUT2D eigenvalue weighted by Crippen LogP contribution is -2.36. The molecule has 0 rings (SSSR count). The molecule has 0 aromatic carbocycles. The Labute approximate surface area is 75.0 Å². The Kier molecular flexibility index (Phi) is 5.46. The van der Waals surface area contributed by atoms with Crippen molar-refractivity contribution in [1.29, 1.82) is 0 Å². The quantitative estimate of drug-likeness (QED) is 0.578. The molecule has 0 aliphatic carbocycles. The molecule has 3 nitrogen and oxygen atoms in total. The summed E-state index contributed by atoms with van der Waals surface area (Å²) in [6.07, 6.45) is 1.74. The molecule has 0 amide bonds. The molecule has 0 aromatic rings. The lowest BCUT2D eigenvalue weighted by Gasteiger charge is -2.31. The Bertz CT molecular complexity index is 102. The standard InChI is InChI=1S/C9H20O3/c1-6-9(11-4,12-5)7-8(2)10-3/h8H,6-7H2,1-5H3. The van der Waals surface area contributed by atoms with Gasteiger partial charge in [0.1, 0.15) is 0 Å². The van der Waals surface area contributed by atoms with Gasteiger partial charge in [-0.15, -0.1) is 0 Å². The summed E-state index contributed by atoms with van der Waals surface area (Å²) in [7, 11) is 5.02. The van der Waals surface area contributed by atoms with Crippen molar-refractivity contribution in [2.45, 2.75) is 38.6 Å². The van der Waals surface area contributed by atoms with Crippen LogP contribution in [-0.2, 0) is 14.2 Å². The summed E-state index contributed by atoms with van der Waals surface area (Å²) >= 11 is 0. The Morgan fingerprint density at radius 3 is 1.92 bits per heavy atom. The molecular formula is C9H20O3. The minimum Gasteiger partial charge on any atom is -0.382 e. The number of ether oxygens (including phenoxy) is 3. The van der Waals surface area contributed by atoms with Gasteiger partial charge in [0.05, 0.1) is 6.10 Å². The maximum Gasteiger partial charge on any atom is 0.169 e. The Morgan fingerprint density at radius 2 is 1.67 bits per heavy atom. The van der Waals surface area contributed by atoms with Crippen molar-refractivity contribution < 1.29 is 14.2 Å². The zero-order chi connectivity index (χ0) is 9.61. The van der Waals surface area contributed by atoms with Gasteiger partial charge in [0.25, 0.3) is 0 Å². The summed E-state index contributed by atoms with van der Waals surface area (Å²) in [6.45, 7) is 4.04. The smallest absolute Gasteiger partial charge is 0.169 e. The van der Waals surface area contributed by atoms with Gasteiger partial charge in [-0.3, -0.25) is 0 Å². The van der Waals surface area contributed by atoms with Crippen LogP contribution in [0.3, 0.4) is 0 Å². The monoisotopic (exact) mass is 176 g/mol. The summed E-state index contributed by atoms with van der Waals surface area (Å²) in [5, 5.41) is 0. The fourth-order valence-corrected chi connectivity index (χ4v) is 1.20. The molecule has 3 heteroatoms. The first-order chi connectivity index (χ1) is 5.64. The largest absolute Gasteiger partial charge is 0.382 e. The zero-order valence-corrected chi connectivity index (χ0v) is 8.72. The van der Waals surface area contributed by atoms with E-state index in [0.29, 0.717) is 0 Å². The average Bonchev–Trinajstić information content (AvgIpc) is 2.14. The van der Waals surface area contributed by atoms with Crippen LogP contribution >= 0.6 is 0 Å². The van der Waals surface area contributed by atoms with E-state index < -0.39 is 5.79 Å². The first-order valence-corrected chi connectivity index (χ1v) is 4.27. The summed E-state index contributed by atoms with van der Waals surface area (Å²) in [5.41, 5.74) is 0. The predicted molar refractivity (Wildman–Crippen MR) is 48.1 cm³/mol. The van der Waals surface area contributed by atoms with E-state index in [4.69, 9.17) is 14.2 Å². The van der Waals surface area contributed by atoms with Gasteiger partial charge < -0.3 is 14.2 Å². The maximum atomic E-state index is 5.31. The van der Waals surface area contributed by atoms with E-state index in [1.807, 2.05) is 13.8 Å². The number of methoxy groups -OCH3 is 3. The number of rotatable bonds is 6. The third kappa shape index (κ3) is 3.09. The van der Waals surface area contributed by atoms with Crippen LogP contribution in [0.4, 0.5) is 0 Å². The maximum absolute atomic E-state index is 5.31. The van der Waals surface area contributed by atoms with Crippen molar-refractivity contribution >= 4 is 0 Å². The molecule has 12 heavy (non-hydrogen) atoms. The first kappa shape index (κ1) is 11.9. The molecule has 0 spiro atoms. The van der Waals surface area contributed by atoms with E-state index in [0.717, 1.165) is 12.8 Å². The van der Waals surface area contributed by atoms with Crippen LogP contribution in [0.1, 0.15) is 26.7 Å². The van der Waals surface area contributed by atoms with E-state index >= 15 is 0 Å². The van der Waals surface area contributed by atoms with Gasteiger partial charge in [-0.2, -0.15) is 0 Å². The molecule has 1 unspecified atom stereocenters. The summed E-state index contributed by atoms with van der Waals surface area (Å²) < 4.78 is 15.8. The summed E-state index contributed by atoms with van der Waals surface area (Å²) in [6, 6.07) is 0. The molecule has 1 atom stereocenters. The second kappa shape index (κ2) is 5.51. The lowest BCUT2D eigenvalue weighted by molar-refractivity contribution is -0.223. The highest BCUT2D eigenvalue weighted by atomic mass is 16.7. The molecule has 0 aliphatic heterocycles. The third-order valence-corrected chi connectivity index (χ3v) is 2.28. The number of hydrogen-bond acceptors (Lipinski definition) is 3. The topological polar surface area (TPSA) is 27.7 Å². The molecule has 0 aliphatic rings. The van der Waals surface area contributed by atoms with Crippen LogP contribution in [0, 0.1) is 0 Å². The SMILES string of the molecule is CCC(CC(C)OC)(OC)OC. The second-order valence-electron chi connectivity index (χ2n) is 2.92. The Balaban J connectivity index is 4.09. The van der Waals surface area contributed by atoms with Crippen LogP contribution in [0.5, 0.6) is 0 Å². The third-order valence-electron chi connectivity index (χ3n) is 2.28. The molecule has 0 saturated heterocycles.